The van der Waals surface area contributed by atoms with Crippen molar-refractivity contribution in [3.8, 4) is 0 Å². The SMILES string of the molecule is CC(C)c1cc(=O)n(CC(=O)N2c3ccc(F)cc3CCC2C)cn1. The first-order valence-corrected chi connectivity index (χ1v) is 8.53. The fraction of sp³-hybridized carbons (Fsp3) is 0.421. The zero-order valence-corrected chi connectivity index (χ0v) is 14.7. The highest BCUT2D eigenvalue weighted by molar-refractivity contribution is 5.95. The molecule has 2 heterocycles. The molecule has 0 radical (unpaired) electrons. The summed E-state index contributed by atoms with van der Waals surface area (Å²) >= 11 is 0. The van der Waals surface area contributed by atoms with Crippen molar-refractivity contribution in [3.63, 3.8) is 0 Å². The molecule has 1 aromatic heterocycles. The van der Waals surface area contributed by atoms with Crippen LogP contribution in [0.5, 0.6) is 0 Å². The van der Waals surface area contributed by atoms with Gasteiger partial charge in [-0.3, -0.25) is 14.2 Å². The van der Waals surface area contributed by atoms with Crippen LogP contribution >= 0.6 is 0 Å². The number of amides is 1. The van der Waals surface area contributed by atoms with Crippen molar-refractivity contribution in [1.82, 2.24) is 9.55 Å². The maximum absolute atomic E-state index is 13.5. The van der Waals surface area contributed by atoms with Crippen LogP contribution in [0.15, 0.2) is 35.4 Å². The topological polar surface area (TPSA) is 55.2 Å². The molecule has 0 aliphatic carbocycles. The molecule has 1 atom stereocenters. The number of hydrogen-bond donors (Lipinski definition) is 0. The van der Waals surface area contributed by atoms with Gasteiger partial charge in [0.25, 0.3) is 5.56 Å². The zero-order valence-electron chi connectivity index (χ0n) is 14.7. The van der Waals surface area contributed by atoms with Gasteiger partial charge < -0.3 is 4.90 Å². The molecule has 132 valence electrons. The van der Waals surface area contributed by atoms with Gasteiger partial charge in [-0.1, -0.05) is 13.8 Å². The summed E-state index contributed by atoms with van der Waals surface area (Å²) in [6, 6.07) is 5.96. The van der Waals surface area contributed by atoms with E-state index in [2.05, 4.69) is 4.98 Å². The Morgan fingerprint density at radius 3 is 2.80 bits per heavy atom. The number of nitrogens with zero attached hydrogens (tertiary/aromatic N) is 3. The third-order valence-corrected chi connectivity index (χ3v) is 4.64. The second-order valence-electron chi connectivity index (χ2n) is 6.86. The minimum atomic E-state index is -0.301. The summed E-state index contributed by atoms with van der Waals surface area (Å²) in [7, 11) is 0. The number of carbonyl (C=O) groups excluding carboxylic acids is 1. The van der Waals surface area contributed by atoms with Crippen LogP contribution in [0, 0.1) is 5.82 Å². The fourth-order valence-electron chi connectivity index (χ4n) is 3.20. The van der Waals surface area contributed by atoms with Gasteiger partial charge in [-0.05, 0) is 49.4 Å². The number of benzene rings is 1. The fourth-order valence-corrected chi connectivity index (χ4v) is 3.20. The van der Waals surface area contributed by atoms with E-state index in [0.29, 0.717) is 5.69 Å². The third-order valence-electron chi connectivity index (χ3n) is 4.64. The predicted octanol–water partition coefficient (Wildman–Crippen LogP) is 2.87. The first-order valence-electron chi connectivity index (χ1n) is 8.53. The van der Waals surface area contributed by atoms with E-state index in [-0.39, 0.29) is 35.8 Å². The van der Waals surface area contributed by atoms with Gasteiger partial charge in [0.15, 0.2) is 0 Å². The Morgan fingerprint density at radius 1 is 1.36 bits per heavy atom. The molecule has 1 aliphatic rings. The van der Waals surface area contributed by atoms with Gasteiger partial charge in [-0.2, -0.15) is 0 Å². The molecule has 25 heavy (non-hydrogen) atoms. The molecule has 2 aromatic rings. The largest absolute Gasteiger partial charge is 0.308 e. The predicted molar refractivity (Wildman–Crippen MR) is 94.3 cm³/mol. The minimum absolute atomic E-state index is 0.00376. The summed E-state index contributed by atoms with van der Waals surface area (Å²) in [4.78, 5) is 31.0. The van der Waals surface area contributed by atoms with E-state index in [4.69, 9.17) is 0 Å². The Morgan fingerprint density at radius 2 is 2.12 bits per heavy atom. The van der Waals surface area contributed by atoms with Crippen molar-refractivity contribution in [2.24, 2.45) is 0 Å². The number of aryl methyl sites for hydroxylation is 1. The van der Waals surface area contributed by atoms with E-state index in [9.17, 15) is 14.0 Å². The van der Waals surface area contributed by atoms with Gasteiger partial charge in [0, 0.05) is 17.8 Å². The normalized spacial score (nSPS) is 16.8. The van der Waals surface area contributed by atoms with Gasteiger partial charge in [0.1, 0.15) is 12.4 Å². The van der Waals surface area contributed by atoms with E-state index in [1.54, 1.807) is 11.0 Å². The molecule has 1 unspecified atom stereocenters. The number of rotatable bonds is 3. The van der Waals surface area contributed by atoms with Crippen LogP contribution in [0.25, 0.3) is 0 Å². The maximum Gasteiger partial charge on any atom is 0.254 e. The first-order chi connectivity index (χ1) is 11.9. The Labute approximate surface area is 146 Å². The van der Waals surface area contributed by atoms with Gasteiger partial charge in [0.2, 0.25) is 5.91 Å². The smallest absolute Gasteiger partial charge is 0.254 e. The van der Waals surface area contributed by atoms with Crippen molar-refractivity contribution < 1.29 is 9.18 Å². The number of carbonyl (C=O) groups is 1. The molecular formula is C19H22FN3O2. The van der Waals surface area contributed by atoms with Crippen LogP contribution in [-0.2, 0) is 17.8 Å². The third kappa shape index (κ3) is 3.48. The number of anilines is 1. The first kappa shape index (κ1) is 17.3. The van der Waals surface area contributed by atoms with Crippen molar-refractivity contribution >= 4 is 11.6 Å². The molecule has 0 bridgehead atoms. The molecule has 3 rings (SSSR count). The second kappa shape index (κ2) is 6.78. The van der Waals surface area contributed by atoms with Crippen LogP contribution < -0.4 is 10.5 Å². The molecule has 1 amide bonds. The summed E-state index contributed by atoms with van der Waals surface area (Å²) in [5, 5.41) is 0. The van der Waals surface area contributed by atoms with Crippen molar-refractivity contribution in [2.45, 2.75) is 52.1 Å². The van der Waals surface area contributed by atoms with Crippen molar-refractivity contribution in [3.05, 3.63) is 58.0 Å². The molecule has 0 saturated heterocycles. The summed E-state index contributed by atoms with van der Waals surface area (Å²) in [6.45, 7) is 5.81. The molecule has 0 saturated carbocycles. The lowest BCUT2D eigenvalue weighted by Gasteiger charge is -2.35. The van der Waals surface area contributed by atoms with E-state index in [1.165, 1.54) is 29.1 Å². The van der Waals surface area contributed by atoms with Crippen LogP contribution in [0.2, 0.25) is 0 Å². The number of aromatic nitrogens is 2. The number of hydrogen-bond acceptors (Lipinski definition) is 3. The average Bonchev–Trinajstić information content (AvgIpc) is 2.56. The van der Waals surface area contributed by atoms with Gasteiger partial charge in [-0.15, -0.1) is 0 Å². The van der Waals surface area contributed by atoms with E-state index < -0.39 is 0 Å². The van der Waals surface area contributed by atoms with Crippen LogP contribution in [-0.4, -0.2) is 21.5 Å². The maximum atomic E-state index is 13.5. The molecule has 1 aromatic carbocycles. The lowest BCUT2D eigenvalue weighted by molar-refractivity contribution is -0.119. The van der Waals surface area contributed by atoms with Gasteiger partial charge >= 0.3 is 0 Å². The highest BCUT2D eigenvalue weighted by Crippen LogP contribution is 2.31. The van der Waals surface area contributed by atoms with Gasteiger partial charge in [-0.25, -0.2) is 9.37 Å². The molecule has 0 fully saturated rings. The van der Waals surface area contributed by atoms with E-state index >= 15 is 0 Å². The monoisotopic (exact) mass is 343 g/mol. The van der Waals surface area contributed by atoms with Crippen molar-refractivity contribution in [1.29, 1.82) is 0 Å². The van der Waals surface area contributed by atoms with Crippen LogP contribution in [0.3, 0.4) is 0 Å². The molecule has 0 N–H and O–H groups in total. The quantitative estimate of drug-likeness (QED) is 0.861. The average molecular weight is 343 g/mol. The highest BCUT2D eigenvalue weighted by atomic mass is 19.1. The van der Waals surface area contributed by atoms with E-state index in [1.807, 2.05) is 20.8 Å². The summed E-state index contributed by atoms with van der Waals surface area (Å²) in [5.41, 5.74) is 2.02. The lowest BCUT2D eigenvalue weighted by atomic mass is 9.96. The Hall–Kier alpha value is -2.50. The Balaban J connectivity index is 1.88. The standard InChI is InChI=1S/C19H22FN3O2/c1-12(2)16-9-18(24)22(11-21-16)10-19(25)23-13(3)4-5-14-8-15(20)6-7-17(14)23/h6-9,11-13H,4-5,10H2,1-3H3. The Bertz CT molecular complexity index is 860. The number of halogens is 1. The molecular weight excluding hydrogens is 321 g/mol. The number of fused-ring (bicyclic) bond motifs is 1. The summed E-state index contributed by atoms with van der Waals surface area (Å²) in [6.07, 6.45) is 2.93. The molecule has 6 heteroatoms. The second-order valence-corrected chi connectivity index (χ2v) is 6.86. The molecule has 5 nitrogen and oxygen atoms in total. The summed E-state index contributed by atoms with van der Waals surface area (Å²) in [5.74, 6) is -0.339. The Kier molecular flexibility index (Phi) is 4.70. The van der Waals surface area contributed by atoms with Crippen molar-refractivity contribution in [2.75, 3.05) is 4.90 Å². The zero-order chi connectivity index (χ0) is 18.1. The highest BCUT2D eigenvalue weighted by Gasteiger charge is 2.28. The van der Waals surface area contributed by atoms with Gasteiger partial charge in [0.05, 0.1) is 12.0 Å². The minimum Gasteiger partial charge on any atom is -0.308 e. The molecule has 1 aliphatic heterocycles. The van der Waals surface area contributed by atoms with E-state index in [0.717, 1.165) is 24.1 Å². The van der Waals surface area contributed by atoms with Crippen LogP contribution in [0.1, 0.15) is 44.4 Å². The summed E-state index contributed by atoms with van der Waals surface area (Å²) < 4.78 is 14.8. The lowest BCUT2D eigenvalue weighted by Crippen LogP contribution is -2.44. The molecule has 0 spiro atoms. The van der Waals surface area contributed by atoms with Crippen LogP contribution in [0.4, 0.5) is 10.1 Å².